The third kappa shape index (κ3) is 49.2. The van der Waals surface area contributed by atoms with Crippen LogP contribution >= 0.6 is 0 Å². The number of hydrogen-bond acceptors (Lipinski definition) is 3. The van der Waals surface area contributed by atoms with Gasteiger partial charge in [0.15, 0.2) is 0 Å². The average Bonchev–Trinajstić information content (AvgIpc) is 3.32. The molecule has 0 aromatic carbocycles. The molecule has 11 unspecified atom stereocenters. The SMILES string of the molecule is CC(C)CCCC(C)CCCC(C)CCC(CCC(C)CCCC(C)CCCC(C)C)CCN1CCN(CCC(C)CCCC(C)CCCC(C)C)C(N(CCC(C)CCCC(C)CCCC(C)C)CCC(C)CCCC(C)CCCC(C)C)C1. The van der Waals surface area contributed by atoms with Crippen LogP contribution in [0, 0.1) is 94.7 Å². The second kappa shape index (κ2) is 52.4. The molecule has 0 bridgehead atoms. The van der Waals surface area contributed by atoms with Crippen molar-refractivity contribution in [3.8, 4) is 0 Å². The summed E-state index contributed by atoms with van der Waals surface area (Å²) >= 11 is 0. The largest absolute Gasteiger partial charge is 0.299 e. The Hall–Kier alpha value is -0.120. The van der Waals surface area contributed by atoms with E-state index < -0.39 is 0 Å². The van der Waals surface area contributed by atoms with Crippen LogP contribution in [0.4, 0.5) is 0 Å². The van der Waals surface area contributed by atoms with Crippen molar-refractivity contribution in [2.45, 2.75) is 389 Å². The maximum Gasteiger partial charge on any atom is 0.0754 e. The van der Waals surface area contributed by atoms with Gasteiger partial charge in [0, 0.05) is 19.6 Å². The van der Waals surface area contributed by atoms with E-state index in [1.54, 1.807) is 0 Å². The molecule has 0 aliphatic carbocycles. The highest BCUT2D eigenvalue weighted by Gasteiger charge is 2.32. The van der Waals surface area contributed by atoms with Gasteiger partial charge in [-0.1, -0.05) is 357 Å². The van der Waals surface area contributed by atoms with E-state index >= 15 is 0 Å². The molecule has 1 fully saturated rings. The van der Waals surface area contributed by atoms with E-state index in [0.717, 1.165) is 94.7 Å². The second-order valence-corrected chi connectivity index (χ2v) is 34.4. The Morgan fingerprint density at radius 3 is 0.776 bits per heavy atom. The zero-order valence-electron chi connectivity index (χ0n) is 63.0. The van der Waals surface area contributed by atoms with Crippen LogP contribution in [0.3, 0.4) is 0 Å². The molecule has 3 nitrogen and oxygen atoms in total. The van der Waals surface area contributed by atoms with Gasteiger partial charge in [-0.2, -0.15) is 0 Å². The fourth-order valence-electron chi connectivity index (χ4n) is 15.0. The van der Waals surface area contributed by atoms with Crippen LogP contribution < -0.4 is 0 Å². The molecule has 0 amide bonds. The first kappa shape index (κ1) is 82.9. The zero-order chi connectivity index (χ0) is 63.4. The molecule has 1 saturated heterocycles. The molecular weight excluding hydrogens is 1030 g/mol. The van der Waals surface area contributed by atoms with Crippen molar-refractivity contribution in [1.82, 2.24) is 14.7 Å². The second-order valence-electron chi connectivity index (χ2n) is 34.4. The Kier molecular flexibility index (Phi) is 51.1. The first-order chi connectivity index (χ1) is 40.4. The summed E-state index contributed by atoms with van der Waals surface area (Å²) in [5.74, 6) is 13.7. The Labute approximate surface area is 541 Å². The summed E-state index contributed by atoms with van der Waals surface area (Å²) in [6.45, 7) is 58.7. The first-order valence-electron chi connectivity index (χ1n) is 39.6. The fourth-order valence-corrected chi connectivity index (χ4v) is 15.0. The van der Waals surface area contributed by atoms with Crippen molar-refractivity contribution >= 4 is 0 Å². The van der Waals surface area contributed by atoms with Crippen LogP contribution in [-0.2, 0) is 0 Å². The van der Waals surface area contributed by atoms with Gasteiger partial charge in [-0.05, 0) is 147 Å². The summed E-state index contributed by atoms with van der Waals surface area (Å²) in [6.07, 6.45) is 54.5. The first-order valence-corrected chi connectivity index (χ1v) is 39.6. The highest BCUT2D eigenvalue weighted by molar-refractivity contribution is 4.85. The number of piperazine rings is 1. The van der Waals surface area contributed by atoms with E-state index in [4.69, 9.17) is 0 Å². The van der Waals surface area contributed by atoms with Crippen LogP contribution in [0.5, 0.6) is 0 Å². The van der Waals surface area contributed by atoms with Crippen molar-refractivity contribution in [1.29, 1.82) is 0 Å². The highest BCUT2D eigenvalue weighted by Crippen LogP contribution is 2.31. The van der Waals surface area contributed by atoms with Crippen LogP contribution in [0.15, 0.2) is 0 Å². The molecule has 0 N–H and O–H groups in total. The maximum atomic E-state index is 3.11. The third-order valence-electron chi connectivity index (χ3n) is 22.0. The standard InChI is InChI=1S/C82H167N3/c1-66(2)31-21-36-71(11)41-26-46-76(16)51-53-81(54-52-77(17)47-27-42-72(12)37-22-32-67(3)4)58-59-83-63-64-85(62-57-80(20)50-30-45-75(15)40-25-35-70(9)10)82(65-83)84(60-55-78(18)48-28-43-73(13)38-23-33-68(5)6)61-56-79(19)49-29-44-74(14)39-24-34-69(7)8/h66-82H,21-65H2,1-20H3. The van der Waals surface area contributed by atoms with Crippen molar-refractivity contribution in [2.24, 2.45) is 94.7 Å². The van der Waals surface area contributed by atoms with Crippen LogP contribution in [0.1, 0.15) is 382 Å². The van der Waals surface area contributed by atoms with E-state index in [2.05, 4.69) is 153 Å². The smallest absolute Gasteiger partial charge is 0.0754 e. The van der Waals surface area contributed by atoms with Gasteiger partial charge in [-0.15, -0.1) is 0 Å². The maximum absolute atomic E-state index is 3.11. The van der Waals surface area contributed by atoms with Gasteiger partial charge in [-0.3, -0.25) is 14.7 Å². The minimum Gasteiger partial charge on any atom is -0.299 e. The summed E-state index contributed by atoms with van der Waals surface area (Å²) in [6, 6.07) is 0. The molecule has 1 aliphatic rings. The lowest BCUT2D eigenvalue weighted by Gasteiger charge is -2.47. The molecule has 11 atom stereocenters. The number of rotatable bonds is 59. The molecule has 0 radical (unpaired) electrons. The van der Waals surface area contributed by atoms with Gasteiger partial charge in [0.1, 0.15) is 0 Å². The van der Waals surface area contributed by atoms with Crippen molar-refractivity contribution in [2.75, 3.05) is 45.8 Å². The van der Waals surface area contributed by atoms with E-state index in [9.17, 15) is 0 Å². The summed E-state index contributed by atoms with van der Waals surface area (Å²) in [4.78, 5) is 9.20. The average molecular weight is 1200 g/mol. The number of nitrogens with zero attached hydrogens (tertiary/aromatic N) is 3. The van der Waals surface area contributed by atoms with E-state index in [1.165, 1.54) is 290 Å². The summed E-state index contributed by atoms with van der Waals surface area (Å²) in [5.41, 5.74) is 0. The fraction of sp³-hybridized carbons (Fsp3) is 1.00. The molecule has 1 heterocycles. The zero-order valence-corrected chi connectivity index (χ0v) is 63.0. The van der Waals surface area contributed by atoms with E-state index in [-0.39, 0.29) is 0 Å². The van der Waals surface area contributed by atoms with Gasteiger partial charge in [0.2, 0.25) is 0 Å². The van der Waals surface area contributed by atoms with Gasteiger partial charge in [-0.25, -0.2) is 0 Å². The van der Waals surface area contributed by atoms with Crippen molar-refractivity contribution < 1.29 is 0 Å². The predicted molar refractivity (Wildman–Crippen MR) is 388 cm³/mol. The lowest BCUT2D eigenvalue weighted by Crippen LogP contribution is -2.61. The monoisotopic (exact) mass is 1190 g/mol. The van der Waals surface area contributed by atoms with Crippen LogP contribution in [0.2, 0.25) is 0 Å². The highest BCUT2D eigenvalue weighted by atomic mass is 15.4. The number of hydrogen-bond donors (Lipinski definition) is 0. The van der Waals surface area contributed by atoms with Crippen molar-refractivity contribution in [3.63, 3.8) is 0 Å². The van der Waals surface area contributed by atoms with Gasteiger partial charge >= 0.3 is 0 Å². The molecule has 1 rings (SSSR count). The van der Waals surface area contributed by atoms with Crippen molar-refractivity contribution in [3.05, 3.63) is 0 Å². The molecule has 85 heavy (non-hydrogen) atoms. The van der Waals surface area contributed by atoms with E-state index in [0.29, 0.717) is 6.17 Å². The molecule has 0 spiro atoms. The molecule has 510 valence electrons. The molecule has 0 aromatic heterocycles. The van der Waals surface area contributed by atoms with Gasteiger partial charge in [0.25, 0.3) is 0 Å². The Balaban J connectivity index is 3.36. The Morgan fingerprint density at radius 1 is 0.247 bits per heavy atom. The third-order valence-corrected chi connectivity index (χ3v) is 22.0. The summed E-state index contributed by atoms with van der Waals surface area (Å²) < 4.78 is 0. The lowest BCUT2D eigenvalue weighted by molar-refractivity contribution is -0.0302. The minimum absolute atomic E-state index is 0.558. The Bertz CT molecular complexity index is 1350. The van der Waals surface area contributed by atoms with Crippen LogP contribution in [0.25, 0.3) is 0 Å². The topological polar surface area (TPSA) is 9.72 Å². The Morgan fingerprint density at radius 2 is 0.494 bits per heavy atom. The van der Waals surface area contributed by atoms with Gasteiger partial charge in [0.05, 0.1) is 6.17 Å². The predicted octanol–water partition coefficient (Wildman–Crippen LogP) is 26.3. The molecule has 1 aliphatic heterocycles. The quantitative estimate of drug-likeness (QED) is 0.0601. The lowest BCUT2D eigenvalue weighted by atomic mass is 9.85. The summed E-state index contributed by atoms with van der Waals surface area (Å²) in [7, 11) is 0. The molecule has 3 heteroatoms. The molecule has 0 aromatic rings. The molecular formula is C82H167N3. The van der Waals surface area contributed by atoms with Crippen LogP contribution in [-0.4, -0.2) is 66.7 Å². The van der Waals surface area contributed by atoms with E-state index in [1.807, 2.05) is 0 Å². The summed E-state index contributed by atoms with van der Waals surface area (Å²) in [5, 5.41) is 0. The van der Waals surface area contributed by atoms with Gasteiger partial charge < -0.3 is 0 Å². The molecule has 0 saturated carbocycles. The minimum atomic E-state index is 0.558. The normalized spacial score (nSPS) is 18.9.